The monoisotopic (exact) mass is 1090 g/mol. The Morgan fingerprint density at radius 1 is 0.266 bits per heavy atom. The lowest BCUT2D eigenvalue weighted by atomic mass is 10.1. The first kappa shape index (κ1) is 74.0. The maximum absolute atomic E-state index is 12.9. The average Bonchev–Trinajstić information content (AvgIpc) is 3.45. The lowest BCUT2D eigenvalue weighted by Gasteiger charge is -2.18. The van der Waals surface area contributed by atoms with E-state index >= 15 is 0 Å². The maximum Gasteiger partial charge on any atom is 0.306 e. The summed E-state index contributed by atoms with van der Waals surface area (Å²) in [5.41, 5.74) is 0. The van der Waals surface area contributed by atoms with E-state index in [1.54, 1.807) is 0 Å². The molecule has 0 aliphatic carbocycles. The summed E-state index contributed by atoms with van der Waals surface area (Å²) in [6.07, 6.45) is 95.4. The molecular formula is C73H116O6. The van der Waals surface area contributed by atoms with Crippen molar-refractivity contribution in [3.05, 3.63) is 158 Å². The Kier molecular flexibility index (Phi) is 61.4. The predicted molar refractivity (Wildman–Crippen MR) is 343 cm³/mol. The lowest BCUT2D eigenvalue weighted by molar-refractivity contribution is -0.167. The minimum atomic E-state index is -0.813. The van der Waals surface area contributed by atoms with Crippen LogP contribution in [0.2, 0.25) is 0 Å². The minimum absolute atomic E-state index is 0.108. The normalized spacial score (nSPS) is 13.2. The van der Waals surface area contributed by atoms with Crippen LogP contribution >= 0.6 is 0 Å². The quantitative estimate of drug-likeness (QED) is 0.0261. The zero-order chi connectivity index (χ0) is 57.1. The maximum atomic E-state index is 12.9. The van der Waals surface area contributed by atoms with Crippen LogP contribution in [0, 0.1) is 0 Å². The SMILES string of the molecule is CC/C=C\C/C=C\C/C=C\C/C=C\C/C=C\C/C=C\C/C=C\C/C=C\C/C=C\C/C=C\CCCCC(=O)OCC(COC(=O)CCCCCCC/C=C\C/C=C\CCC)OC(=O)CCCCCCC/C=C\CCCCCCCC. The van der Waals surface area contributed by atoms with Crippen molar-refractivity contribution in [1.29, 1.82) is 0 Å². The summed E-state index contributed by atoms with van der Waals surface area (Å²) in [6, 6.07) is 0. The Hall–Kier alpha value is -4.97. The highest BCUT2D eigenvalue weighted by Gasteiger charge is 2.19. The lowest BCUT2D eigenvalue weighted by Crippen LogP contribution is -2.30. The van der Waals surface area contributed by atoms with Crippen molar-refractivity contribution < 1.29 is 28.6 Å². The van der Waals surface area contributed by atoms with Crippen molar-refractivity contribution in [3.8, 4) is 0 Å². The summed E-state index contributed by atoms with van der Waals surface area (Å²) in [4.78, 5) is 38.2. The highest BCUT2D eigenvalue weighted by atomic mass is 16.6. The summed E-state index contributed by atoms with van der Waals surface area (Å²) in [5, 5.41) is 0. The van der Waals surface area contributed by atoms with Crippen LogP contribution in [0.4, 0.5) is 0 Å². The summed E-state index contributed by atoms with van der Waals surface area (Å²) in [7, 11) is 0. The number of ether oxygens (including phenoxy) is 3. The van der Waals surface area contributed by atoms with E-state index in [9.17, 15) is 14.4 Å². The highest BCUT2D eigenvalue weighted by Crippen LogP contribution is 2.13. The third kappa shape index (κ3) is 63.7. The van der Waals surface area contributed by atoms with E-state index in [0.717, 1.165) is 161 Å². The second-order valence-electron chi connectivity index (χ2n) is 20.6. The topological polar surface area (TPSA) is 78.9 Å². The summed E-state index contributed by atoms with van der Waals surface area (Å²) in [5.74, 6) is -0.979. The van der Waals surface area contributed by atoms with E-state index in [2.05, 4.69) is 179 Å². The van der Waals surface area contributed by atoms with Crippen LogP contribution in [-0.4, -0.2) is 37.2 Å². The summed E-state index contributed by atoms with van der Waals surface area (Å²) < 4.78 is 16.8. The number of rotatable bonds is 56. The van der Waals surface area contributed by atoms with Crippen LogP contribution in [0.25, 0.3) is 0 Å². The summed E-state index contributed by atoms with van der Waals surface area (Å²) in [6.45, 7) is 6.39. The first-order valence-corrected chi connectivity index (χ1v) is 32.0. The number of carbonyl (C=O) groups excluding carboxylic acids is 3. The van der Waals surface area contributed by atoms with Gasteiger partial charge in [0.1, 0.15) is 13.2 Å². The molecule has 0 aromatic rings. The van der Waals surface area contributed by atoms with E-state index < -0.39 is 6.10 Å². The molecule has 0 aliphatic heterocycles. The van der Waals surface area contributed by atoms with Crippen molar-refractivity contribution in [1.82, 2.24) is 0 Å². The fourth-order valence-corrected chi connectivity index (χ4v) is 8.21. The number of unbranched alkanes of at least 4 members (excludes halogenated alkanes) is 19. The molecule has 0 saturated carbocycles. The van der Waals surface area contributed by atoms with Crippen LogP contribution in [-0.2, 0) is 28.6 Å². The zero-order valence-corrected chi connectivity index (χ0v) is 50.8. The number of hydrogen-bond donors (Lipinski definition) is 0. The molecule has 79 heavy (non-hydrogen) atoms. The minimum Gasteiger partial charge on any atom is -0.462 e. The molecule has 0 radical (unpaired) electrons. The second-order valence-corrected chi connectivity index (χ2v) is 20.6. The number of esters is 3. The molecule has 0 aliphatic rings. The molecule has 0 aromatic heterocycles. The molecule has 0 saturated heterocycles. The highest BCUT2D eigenvalue weighted by molar-refractivity contribution is 5.71. The third-order valence-corrected chi connectivity index (χ3v) is 13.0. The van der Waals surface area contributed by atoms with Gasteiger partial charge >= 0.3 is 17.9 Å². The molecule has 0 spiro atoms. The number of allylic oxidation sites excluding steroid dienone is 26. The molecule has 1 unspecified atom stereocenters. The van der Waals surface area contributed by atoms with Crippen molar-refractivity contribution >= 4 is 17.9 Å². The van der Waals surface area contributed by atoms with Crippen molar-refractivity contribution in [3.63, 3.8) is 0 Å². The number of carbonyl (C=O) groups is 3. The van der Waals surface area contributed by atoms with E-state index in [0.29, 0.717) is 25.7 Å². The molecule has 0 amide bonds. The van der Waals surface area contributed by atoms with Gasteiger partial charge < -0.3 is 14.2 Å². The number of hydrogen-bond acceptors (Lipinski definition) is 6. The van der Waals surface area contributed by atoms with Gasteiger partial charge in [-0.1, -0.05) is 256 Å². The fourth-order valence-electron chi connectivity index (χ4n) is 8.21. The second kappa shape index (κ2) is 65.5. The standard InChI is InChI=1S/C73H116O6/c1-4-7-10-13-16-19-22-25-27-28-29-30-31-32-33-34-35-36-37-38-39-40-41-42-43-44-46-48-51-54-57-60-63-66-72(75)78-69-70(68-77-71(74)65-62-59-56-53-50-47-24-21-18-15-12-9-6-3)79-73(76)67-64-61-58-55-52-49-45-26-23-20-17-14-11-8-5-2/h7,10,12,15-16,19,21,24-27,29-30,32-33,35-36,38-39,41-42,44-46,51,54,70H,4-6,8-9,11,13-14,17-18,20,22-23,28,31,34,37,40,43,47-50,52-53,55-69H2,1-3H3/b10-7-,15-12-,19-16-,24-21-,27-25-,30-29-,33-32-,36-35-,39-38-,42-41-,45-26-,46-44-,54-51-. The van der Waals surface area contributed by atoms with Crippen molar-refractivity contribution in [2.24, 2.45) is 0 Å². The van der Waals surface area contributed by atoms with Crippen LogP contribution < -0.4 is 0 Å². The van der Waals surface area contributed by atoms with Gasteiger partial charge in [0.15, 0.2) is 6.10 Å². The Morgan fingerprint density at radius 3 is 0.861 bits per heavy atom. The zero-order valence-electron chi connectivity index (χ0n) is 50.8. The molecule has 444 valence electrons. The van der Waals surface area contributed by atoms with Gasteiger partial charge in [0, 0.05) is 19.3 Å². The van der Waals surface area contributed by atoms with Gasteiger partial charge in [0.05, 0.1) is 0 Å². The summed E-state index contributed by atoms with van der Waals surface area (Å²) >= 11 is 0. The first-order chi connectivity index (χ1) is 39.0. The fraction of sp³-hybridized carbons (Fsp3) is 0.603. The van der Waals surface area contributed by atoms with Gasteiger partial charge in [0.2, 0.25) is 0 Å². The largest absolute Gasteiger partial charge is 0.462 e. The van der Waals surface area contributed by atoms with Crippen LogP contribution in [0.1, 0.15) is 265 Å². The molecule has 0 rings (SSSR count). The Balaban J connectivity index is 4.40. The van der Waals surface area contributed by atoms with Gasteiger partial charge in [-0.15, -0.1) is 0 Å². The van der Waals surface area contributed by atoms with E-state index in [1.807, 2.05) is 0 Å². The first-order valence-electron chi connectivity index (χ1n) is 32.0. The molecule has 1 atom stereocenters. The molecule has 6 heteroatoms. The Bertz CT molecular complexity index is 1780. The van der Waals surface area contributed by atoms with Gasteiger partial charge in [-0.3, -0.25) is 14.4 Å². The van der Waals surface area contributed by atoms with E-state index in [-0.39, 0.29) is 31.1 Å². The Labute approximate surface area is 486 Å². The van der Waals surface area contributed by atoms with Crippen molar-refractivity contribution in [2.75, 3.05) is 13.2 Å². The van der Waals surface area contributed by atoms with Gasteiger partial charge in [0.25, 0.3) is 0 Å². The van der Waals surface area contributed by atoms with E-state index in [1.165, 1.54) is 57.8 Å². The third-order valence-electron chi connectivity index (χ3n) is 13.0. The molecule has 0 aromatic carbocycles. The van der Waals surface area contributed by atoms with Crippen LogP contribution in [0.3, 0.4) is 0 Å². The van der Waals surface area contributed by atoms with Crippen LogP contribution in [0.5, 0.6) is 0 Å². The van der Waals surface area contributed by atoms with Gasteiger partial charge in [-0.05, 0) is 148 Å². The Morgan fingerprint density at radius 2 is 0.519 bits per heavy atom. The predicted octanol–water partition coefficient (Wildman–Crippen LogP) is 22.1. The van der Waals surface area contributed by atoms with Crippen LogP contribution in [0.15, 0.2) is 158 Å². The molecule has 0 fully saturated rings. The molecule has 6 nitrogen and oxygen atoms in total. The van der Waals surface area contributed by atoms with Gasteiger partial charge in [-0.2, -0.15) is 0 Å². The van der Waals surface area contributed by atoms with Crippen molar-refractivity contribution in [2.45, 2.75) is 271 Å². The van der Waals surface area contributed by atoms with Gasteiger partial charge in [-0.25, -0.2) is 0 Å². The average molecular weight is 1090 g/mol. The van der Waals surface area contributed by atoms with E-state index in [4.69, 9.17) is 14.2 Å². The molecular weight excluding hydrogens is 973 g/mol. The molecule has 0 N–H and O–H groups in total. The smallest absolute Gasteiger partial charge is 0.306 e. The molecule has 0 heterocycles. The molecule has 0 bridgehead atoms.